The van der Waals surface area contributed by atoms with Gasteiger partial charge in [0.2, 0.25) is 0 Å². The molecule has 0 heterocycles. The topological polar surface area (TPSA) is 89.7 Å². The van der Waals surface area contributed by atoms with Crippen LogP contribution in [0.5, 0.6) is 5.75 Å². The molecular weight excluding hydrogens is 238 g/mol. The van der Waals surface area contributed by atoms with Crippen molar-refractivity contribution in [2.75, 3.05) is 0 Å². The van der Waals surface area contributed by atoms with Gasteiger partial charge in [0.25, 0.3) is 5.69 Å². The summed E-state index contributed by atoms with van der Waals surface area (Å²) < 4.78 is 5.48. The van der Waals surface area contributed by atoms with Gasteiger partial charge >= 0.3 is 5.97 Å². The van der Waals surface area contributed by atoms with Gasteiger partial charge in [-0.2, -0.15) is 0 Å². The molecule has 6 nitrogen and oxygen atoms in total. The maximum absolute atomic E-state index is 11.0. The number of hydrogen-bond donors (Lipinski definition) is 1. The Morgan fingerprint density at radius 1 is 1.56 bits per heavy atom. The Balaban J connectivity index is 3.04. The maximum atomic E-state index is 11.0. The average molecular weight is 253 g/mol. The Morgan fingerprint density at radius 2 is 2.22 bits per heavy atom. The van der Waals surface area contributed by atoms with E-state index in [4.69, 9.17) is 9.84 Å². The molecule has 0 saturated carbocycles. The molecular formula is C12H15NO5. The molecule has 1 N–H and O–H groups in total. The molecule has 1 rings (SSSR count). The van der Waals surface area contributed by atoms with Crippen LogP contribution >= 0.6 is 0 Å². The van der Waals surface area contributed by atoms with E-state index in [0.29, 0.717) is 0 Å². The van der Waals surface area contributed by atoms with Crippen LogP contribution in [0.25, 0.3) is 0 Å². The van der Waals surface area contributed by atoms with Crippen LogP contribution in [0.3, 0.4) is 0 Å². The van der Waals surface area contributed by atoms with Gasteiger partial charge in [-0.05, 0) is 19.4 Å². The predicted molar refractivity (Wildman–Crippen MR) is 65.1 cm³/mol. The Morgan fingerprint density at radius 3 is 2.72 bits per heavy atom. The van der Waals surface area contributed by atoms with Crippen LogP contribution in [-0.2, 0) is 0 Å². The summed E-state index contributed by atoms with van der Waals surface area (Å²) in [6, 6.07) is 3.57. The van der Waals surface area contributed by atoms with E-state index in [0.717, 1.165) is 18.9 Å². The van der Waals surface area contributed by atoms with Gasteiger partial charge in [0, 0.05) is 12.1 Å². The van der Waals surface area contributed by atoms with Crippen LogP contribution in [0.15, 0.2) is 18.2 Å². The van der Waals surface area contributed by atoms with E-state index < -0.39 is 10.9 Å². The van der Waals surface area contributed by atoms with Gasteiger partial charge in [-0.25, -0.2) is 4.79 Å². The predicted octanol–water partition coefficient (Wildman–Crippen LogP) is 2.86. The first-order valence-corrected chi connectivity index (χ1v) is 5.64. The molecule has 1 unspecified atom stereocenters. The van der Waals surface area contributed by atoms with Gasteiger partial charge in [0.05, 0.1) is 11.0 Å². The van der Waals surface area contributed by atoms with E-state index in [9.17, 15) is 14.9 Å². The summed E-state index contributed by atoms with van der Waals surface area (Å²) in [7, 11) is 0. The fourth-order valence-corrected chi connectivity index (χ4v) is 1.58. The highest BCUT2D eigenvalue weighted by atomic mass is 16.6. The second-order valence-electron chi connectivity index (χ2n) is 3.96. The SMILES string of the molecule is CCCC(C)Oc1ccc([N+](=O)[O-])cc1C(=O)O. The molecule has 1 aromatic rings. The summed E-state index contributed by atoms with van der Waals surface area (Å²) in [5.74, 6) is -1.08. The lowest BCUT2D eigenvalue weighted by Crippen LogP contribution is -2.13. The Labute approximate surface area is 104 Å². The molecule has 0 aliphatic heterocycles. The molecule has 98 valence electrons. The molecule has 0 radical (unpaired) electrons. The van der Waals surface area contributed by atoms with Crippen LogP contribution in [-0.4, -0.2) is 22.1 Å². The quantitative estimate of drug-likeness (QED) is 0.621. The zero-order valence-corrected chi connectivity index (χ0v) is 10.3. The Hall–Kier alpha value is -2.11. The van der Waals surface area contributed by atoms with Crippen LogP contribution < -0.4 is 4.74 Å². The summed E-state index contributed by atoms with van der Waals surface area (Å²) in [5, 5.41) is 19.6. The zero-order valence-electron chi connectivity index (χ0n) is 10.3. The van der Waals surface area contributed by atoms with E-state index in [2.05, 4.69) is 0 Å². The average Bonchev–Trinajstić information content (AvgIpc) is 2.29. The van der Waals surface area contributed by atoms with Gasteiger partial charge in [-0.3, -0.25) is 10.1 Å². The molecule has 0 aliphatic carbocycles. The summed E-state index contributed by atoms with van der Waals surface area (Å²) in [6.07, 6.45) is 1.57. The van der Waals surface area contributed by atoms with Gasteiger partial charge in [-0.1, -0.05) is 13.3 Å². The minimum atomic E-state index is -1.24. The summed E-state index contributed by atoms with van der Waals surface area (Å²) >= 11 is 0. The molecule has 18 heavy (non-hydrogen) atoms. The largest absolute Gasteiger partial charge is 0.490 e. The lowest BCUT2D eigenvalue weighted by Gasteiger charge is -2.15. The van der Waals surface area contributed by atoms with E-state index in [1.54, 1.807) is 0 Å². The first-order valence-electron chi connectivity index (χ1n) is 5.64. The van der Waals surface area contributed by atoms with E-state index in [1.165, 1.54) is 12.1 Å². The second kappa shape index (κ2) is 6.00. The maximum Gasteiger partial charge on any atom is 0.339 e. The lowest BCUT2D eigenvalue weighted by molar-refractivity contribution is -0.384. The minimum absolute atomic E-state index is 0.130. The van der Waals surface area contributed by atoms with Crippen molar-refractivity contribution in [3.63, 3.8) is 0 Å². The number of carboxylic acid groups (broad SMARTS) is 1. The molecule has 0 aromatic heterocycles. The number of benzene rings is 1. The van der Waals surface area contributed by atoms with Crippen LogP contribution in [0, 0.1) is 10.1 Å². The number of nitrogens with zero attached hydrogens (tertiary/aromatic N) is 1. The van der Waals surface area contributed by atoms with E-state index >= 15 is 0 Å². The fraction of sp³-hybridized carbons (Fsp3) is 0.417. The number of hydrogen-bond acceptors (Lipinski definition) is 4. The number of rotatable bonds is 6. The van der Waals surface area contributed by atoms with E-state index in [-0.39, 0.29) is 23.1 Å². The highest BCUT2D eigenvalue weighted by Crippen LogP contribution is 2.25. The second-order valence-corrected chi connectivity index (χ2v) is 3.96. The number of nitro groups is 1. The fourth-order valence-electron chi connectivity index (χ4n) is 1.58. The summed E-state index contributed by atoms with van der Waals surface area (Å²) in [5.41, 5.74) is -0.449. The first-order chi connectivity index (χ1) is 8.45. The van der Waals surface area contributed by atoms with Gasteiger partial charge in [-0.15, -0.1) is 0 Å². The number of ether oxygens (including phenoxy) is 1. The standard InChI is InChI=1S/C12H15NO5/c1-3-4-8(2)18-11-6-5-9(13(16)17)7-10(11)12(14)15/h5-8H,3-4H2,1-2H3,(H,14,15). The van der Waals surface area contributed by atoms with Crippen LogP contribution in [0.2, 0.25) is 0 Å². The number of aromatic carboxylic acids is 1. The molecule has 0 bridgehead atoms. The lowest BCUT2D eigenvalue weighted by atomic mass is 10.1. The molecule has 0 saturated heterocycles. The smallest absolute Gasteiger partial charge is 0.339 e. The van der Waals surface area contributed by atoms with Crippen LogP contribution in [0.1, 0.15) is 37.0 Å². The molecule has 0 aliphatic rings. The molecule has 0 spiro atoms. The Kier molecular flexibility index (Phi) is 4.65. The van der Waals surface area contributed by atoms with Crippen molar-refractivity contribution in [2.24, 2.45) is 0 Å². The van der Waals surface area contributed by atoms with E-state index in [1.807, 2.05) is 13.8 Å². The highest BCUT2D eigenvalue weighted by Gasteiger charge is 2.18. The molecule has 0 fully saturated rings. The number of carboxylic acids is 1. The van der Waals surface area contributed by atoms with Crippen molar-refractivity contribution < 1.29 is 19.6 Å². The number of non-ortho nitro benzene ring substituents is 1. The minimum Gasteiger partial charge on any atom is -0.490 e. The third kappa shape index (κ3) is 3.44. The summed E-state index contributed by atoms with van der Waals surface area (Å²) in [4.78, 5) is 21.0. The number of carbonyl (C=O) groups is 1. The third-order valence-corrected chi connectivity index (χ3v) is 2.43. The molecule has 0 amide bonds. The molecule has 6 heteroatoms. The third-order valence-electron chi connectivity index (χ3n) is 2.43. The Bertz CT molecular complexity index is 458. The molecule has 1 aromatic carbocycles. The van der Waals surface area contributed by atoms with Crippen molar-refractivity contribution >= 4 is 11.7 Å². The normalized spacial score (nSPS) is 11.9. The van der Waals surface area contributed by atoms with Crippen molar-refractivity contribution in [3.05, 3.63) is 33.9 Å². The van der Waals surface area contributed by atoms with Gasteiger partial charge < -0.3 is 9.84 Å². The monoisotopic (exact) mass is 253 g/mol. The van der Waals surface area contributed by atoms with Crippen molar-refractivity contribution in [2.45, 2.75) is 32.8 Å². The zero-order chi connectivity index (χ0) is 13.7. The molecule has 1 atom stereocenters. The van der Waals surface area contributed by atoms with Crippen molar-refractivity contribution in [1.29, 1.82) is 0 Å². The van der Waals surface area contributed by atoms with Crippen molar-refractivity contribution in [3.8, 4) is 5.75 Å². The summed E-state index contributed by atoms with van der Waals surface area (Å²) in [6.45, 7) is 3.82. The van der Waals surface area contributed by atoms with Gasteiger partial charge in [0.15, 0.2) is 0 Å². The number of nitro benzene ring substituents is 1. The first kappa shape index (κ1) is 14.0. The van der Waals surface area contributed by atoms with Crippen LogP contribution in [0.4, 0.5) is 5.69 Å². The van der Waals surface area contributed by atoms with Gasteiger partial charge in [0.1, 0.15) is 11.3 Å². The van der Waals surface area contributed by atoms with Crippen molar-refractivity contribution in [1.82, 2.24) is 0 Å². The highest BCUT2D eigenvalue weighted by molar-refractivity contribution is 5.91.